The minimum absolute atomic E-state index is 0.130. The molecule has 2 amide bonds. The number of nitrogens with one attached hydrogen (secondary N) is 2. The summed E-state index contributed by atoms with van der Waals surface area (Å²) in [7, 11) is 0. The highest BCUT2D eigenvalue weighted by molar-refractivity contribution is 5.84. The number of carbonyl (C=O) groups excluding carboxylic acids is 3. The number of benzene rings is 4. The molecule has 0 aliphatic heterocycles. The summed E-state index contributed by atoms with van der Waals surface area (Å²) in [5.74, 6) is -2.56. The Hall–Kier alpha value is -4.99. The average molecular weight is 810 g/mol. The van der Waals surface area contributed by atoms with Gasteiger partial charge in [0, 0.05) is 12.8 Å². The van der Waals surface area contributed by atoms with Crippen LogP contribution in [-0.4, -0.2) is 82.1 Å². The van der Waals surface area contributed by atoms with Crippen LogP contribution >= 0.6 is 0 Å². The van der Waals surface area contributed by atoms with Gasteiger partial charge in [0.2, 0.25) is 6.29 Å². The fraction of sp³-hybridized carbons (Fsp3) is 0.413. The number of carbonyl (C=O) groups is 3. The zero-order valence-electron chi connectivity index (χ0n) is 33.6. The fourth-order valence-corrected chi connectivity index (χ4v) is 7.62. The molecule has 59 heavy (non-hydrogen) atoms. The normalized spacial score (nSPS) is 21.8. The van der Waals surface area contributed by atoms with E-state index in [1.807, 2.05) is 68.4 Å². The lowest BCUT2D eigenvalue weighted by molar-refractivity contribution is -0.229. The Morgan fingerprint density at radius 1 is 0.695 bits per heavy atom. The van der Waals surface area contributed by atoms with Gasteiger partial charge < -0.3 is 50.6 Å². The van der Waals surface area contributed by atoms with E-state index < -0.39 is 78.8 Å². The molecule has 0 heterocycles. The molecule has 2 aliphatic rings. The zero-order valence-corrected chi connectivity index (χ0v) is 33.6. The third-order valence-electron chi connectivity index (χ3n) is 11.2. The fourth-order valence-electron chi connectivity index (χ4n) is 7.62. The molecular formula is C46H55N3O10. The molecule has 11 atom stereocenters. The maximum atomic E-state index is 14.7. The second-order valence-electron chi connectivity index (χ2n) is 15.4. The molecule has 1 unspecified atom stereocenters. The molecule has 7 N–H and O–H groups in total. The first kappa shape index (κ1) is 43.6. The van der Waals surface area contributed by atoms with Crippen LogP contribution < -0.4 is 16.4 Å². The third-order valence-corrected chi connectivity index (χ3v) is 11.2. The molecule has 0 spiro atoms. The standard InChI is InChI=1S/C46H55N3O10/c1-4-27(2)37(47)46(55)59-28(3)58-41(43(57-26-30-17-9-6-10-18-30)45(54)49-39-34-22-14-12-20-32(34)24-36(39)51)40(52)42(56-25-29-15-7-5-8-16-29)44(53)48-38-33-21-13-11-19-31(33)23-35(38)50/h5-22,27-28,35-43,50-52H,4,23-26,47H2,1-3H3,(H,48,53)(H,49,54)/t27-,28?,35+,36+,37-,38-,39-,40+,41+,42+,43+/m0/s1. The highest BCUT2D eigenvalue weighted by Crippen LogP contribution is 2.33. The number of hydrogen-bond acceptors (Lipinski definition) is 11. The maximum absolute atomic E-state index is 14.7. The first-order valence-electron chi connectivity index (χ1n) is 20.2. The van der Waals surface area contributed by atoms with Crippen molar-refractivity contribution in [2.45, 2.75) is 114 Å². The van der Waals surface area contributed by atoms with Crippen molar-refractivity contribution >= 4 is 17.8 Å². The molecule has 6 rings (SSSR count). The molecular weight excluding hydrogens is 755 g/mol. The summed E-state index contributed by atoms with van der Waals surface area (Å²) in [6, 6.07) is 30.1. The van der Waals surface area contributed by atoms with E-state index in [2.05, 4.69) is 10.6 Å². The van der Waals surface area contributed by atoms with E-state index in [9.17, 15) is 29.7 Å². The Bertz CT molecular complexity index is 2000. The van der Waals surface area contributed by atoms with Crippen LogP contribution in [0.2, 0.25) is 0 Å². The molecule has 13 nitrogen and oxygen atoms in total. The van der Waals surface area contributed by atoms with Crippen LogP contribution in [0.5, 0.6) is 0 Å². The predicted molar refractivity (Wildman–Crippen MR) is 218 cm³/mol. The quantitative estimate of drug-likeness (QED) is 0.0597. The van der Waals surface area contributed by atoms with Gasteiger partial charge in [0.15, 0.2) is 12.2 Å². The van der Waals surface area contributed by atoms with Gasteiger partial charge in [0.25, 0.3) is 11.8 Å². The molecule has 2 aliphatic carbocycles. The van der Waals surface area contributed by atoms with Crippen LogP contribution in [0, 0.1) is 5.92 Å². The van der Waals surface area contributed by atoms with E-state index in [0.717, 1.165) is 16.7 Å². The van der Waals surface area contributed by atoms with Crippen molar-refractivity contribution in [2.24, 2.45) is 11.7 Å². The third kappa shape index (κ3) is 10.8. The van der Waals surface area contributed by atoms with Crippen molar-refractivity contribution in [3.63, 3.8) is 0 Å². The van der Waals surface area contributed by atoms with Gasteiger partial charge in [-0.05, 0) is 46.2 Å². The van der Waals surface area contributed by atoms with Gasteiger partial charge in [0.05, 0.1) is 37.5 Å². The summed E-state index contributed by atoms with van der Waals surface area (Å²) in [6.07, 6.45) is -9.22. The first-order valence-corrected chi connectivity index (χ1v) is 20.2. The van der Waals surface area contributed by atoms with E-state index in [1.54, 1.807) is 54.6 Å². The second-order valence-corrected chi connectivity index (χ2v) is 15.4. The van der Waals surface area contributed by atoms with Crippen molar-refractivity contribution in [1.29, 1.82) is 0 Å². The molecule has 0 bridgehead atoms. The Morgan fingerprint density at radius 2 is 1.14 bits per heavy atom. The van der Waals surface area contributed by atoms with Gasteiger partial charge in [-0.3, -0.25) is 14.4 Å². The van der Waals surface area contributed by atoms with Crippen LogP contribution in [0.25, 0.3) is 0 Å². The number of aliphatic hydroxyl groups is 3. The van der Waals surface area contributed by atoms with Gasteiger partial charge in [-0.15, -0.1) is 0 Å². The summed E-state index contributed by atoms with van der Waals surface area (Å²) in [6.45, 7) is 4.85. The number of hydrogen-bond donors (Lipinski definition) is 6. The van der Waals surface area contributed by atoms with Crippen molar-refractivity contribution in [2.75, 3.05) is 0 Å². The number of amides is 2. The molecule has 0 saturated carbocycles. The second kappa shape index (κ2) is 20.3. The van der Waals surface area contributed by atoms with E-state index in [4.69, 9.17) is 24.7 Å². The topological polar surface area (TPSA) is 199 Å². The molecule has 0 fully saturated rings. The van der Waals surface area contributed by atoms with E-state index in [1.165, 1.54) is 6.92 Å². The first-order chi connectivity index (χ1) is 28.4. The van der Waals surface area contributed by atoms with Gasteiger partial charge in [-0.25, -0.2) is 0 Å². The number of esters is 1. The van der Waals surface area contributed by atoms with Crippen LogP contribution in [0.15, 0.2) is 109 Å². The molecule has 0 saturated heterocycles. The minimum atomic E-state index is -1.95. The Kier molecular flexibility index (Phi) is 15.0. The van der Waals surface area contributed by atoms with Crippen molar-refractivity contribution in [1.82, 2.24) is 10.6 Å². The summed E-state index contributed by atoms with van der Waals surface area (Å²) >= 11 is 0. The van der Waals surface area contributed by atoms with Gasteiger partial charge >= 0.3 is 5.97 Å². The minimum Gasteiger partial charge on any atom is -0.435 e. The number of nitrogens with two attached hydrogens (primary N) is 1. The Labute approximate surface area is 344 Å². The van der Waals surface area contributed by atoms with Crippen molar-refractivity contribution < 1.29 is 48.7 Å². The number of ether oxygens (including phenoxy) is 4. The van der Waals surface area contributed by atoms with Crippen molar-refractivity contribution in [3.05, 3.63) is 143 Å². The number of aliphatic hydroxyl groups excluding tert-OH is 3. The van der Waals surface area contributed by atoms with Gasteiger partial charge in [-0.1, -0.05) is 129 Å². The molecule has 0 radical (unpaired) electrons. The summed E-state index contributed by atoms with van der Waals surface area (Å²) in [5, 5.41) is 40.5. The van der Waals surface area contributed by atoms with Crippen LogP contribution in [0.1, 0.15) is 72.7 Å². The lowest BCUT2D eigenvalue weighted by Crippen LogP contribution is -2.58. The Morgan fingerprint density at radius 3 is 1.63 bits per heavy atom. The van der Waals surface area contributed by atoms with Crippen molar-refractivity contribution in [3.8, 4) is 0 Å². The van der Waals surface area contributed by atoms with Gasteiger partial charge in [-0.2, -0.15) is 0 Å². The summed E-state index contributed by atoms with van der Waals surface area (Å²) in [4.78, 5) is 42.3. The van der Waals surface area contributed by atoms with Crippen LogP contribution in [0.3, 0.4) is 0 Å². The van der Waals surface area contributed by atoms with E-state index in [0.29, 0.717) is 36.0 Å². The zero-order chi connectivity index (χ0) is 42.1. The lowest BCUT2D eigenvalue weighted by Gasteiger charge is -2.36. The molecule has 13 heteroatoms. The predicted octanol–water partition coefficient (Wildman–Crippen LogP) is 3.71. The van der Waals surface area contributed by atoms with Crippen LogP contribution in [0.4, 0.5) is 0 Å². The molecule has 0 aromatic heterocycles. The van der Waals surface area contributed by atoms with Gasteiger partial charge in [0.1, 0.15) is 18.2 Å². The summed E-state index contributed by atoms with van der Waals surface area (Å²) < 4.78 is 24.5. The van der Waals surface area contributed by atoms with E-state index in [-0.39, 0.29) is 19.1 Å². The highest BCUT2D eigenvalue weighted by atomic mass is 16.7. The monoisotopic (exact) mass is 809 g/mol. The van der Waals surface area contributed by atoms with E-state index >= 15 is 0 Å². The largest absolute Gasteiger partial charge is 0.435 e. The summed E-state index contributed by atoms with van der Waals surface area (Å²) in [5.41, 5.74) is 10.7. The number of rotatable bonds is 19. The smallest absolute Gasteiger partial charge is 0.325 e. The lowest BCUT2D eigenvalue weighted by atomic mass is 9.98. The highest BCUT2D eigenvalue weighted by Gasteiger charge is 2.46. The SMILES string of the molecule is CC[C@H](C)[C@H](N)C(=O)OC(C)O[C@H]([C@@H](O)[C@@H](OCc1ccccc1)C(=O)N[C@H]1c2ccccc2C[C@H]1O)[C@@H](OCc1ccccc1)C(=O)N[C@H]1c2ccccc2C[C@H]1O. The molecule has 314 valence electrons. The average Bonchev–Trinajstić information content (AvgIpc) is 3.73. The number of fused-ring (bicyclic) bond motifs is 2. The maximum Gasteiger partial charge on any atom is 0.325 e. The molecule has 4 aromatic rings. The van der Waals surface area contributed by atoms with Crippen LogP contribution in [-0.2, 0) is 59.4 Å². The molecule has 4 aromatic carbocycles. The Balaban J connectivity index is 1.37.